The van der Waals surface area contributed by atoms with E-state index in [1.54, 1.807) is 26.8 Å². The summed E-state index contributed by atoms with van der Waals surface area (Å²) in [5, 5.41) is 8.89. The number of carbonyl (C=O) groups is 2. The Labute approximate surface area is 119 Å². The summed E-state index contributed by atoms with van der Waals surface area (Å²) in [5.41, 5.74) is 0.366. The van der Waals surface area contributed by atoms with Crippen molar-refractivity contribution in [1.29, 1.82) is 0 Å². The third kappa shape index (κ3) is 4.57. The lowest BCUT2D eigenvalue weighted by Crippen LogP contribution is -2.50. The highest BCUT2D eigenvalue weighted by Crippen LogP contribution is 2.17. The molecule has 0 aliphatic rings. The summed E-state index contributed by atoms with van der Waals surface area (Å²) in [7, 11) is 0. The Bertz CT molecular complexity index is 491. The van der Waals surface area contributed by atoms with Gasteiger partial charge >= 0.3 is 5.97 Å². The summed E-state index contributed by atoms with van der Waals surface area (Å²) in [6.45, 7) is 6.76. The van der Waals surface area contributed by atoms with Crippen LogP contribution >= 0.6 is 0 Å². The average Bonchev–Trinajstić information content (AvgIpc) is 2.33. The highest BCUT2D eigenvalue weighted by atomic mass is 16.5. The maximum absolute atomic E-state index is 12.1. The van der Waals surface area contributed by atoms with Crippen LogP contribution in [0.1, 0.15) is 26.3 Å². The number of carboxylic acid groups (broad SMARTS) is 1. The van der Waals surface area contributed by atoms with E-state index < -0.39 is 11.5 Å². The molecule has 0 spiro atoms. The molecule has 0 saturated carbocycles. The number of para-hydroxylation sites is 1. The molecule has 0 heterocycles. The van der Waals surface area contributed by atoms with E-state index >= 15 is 0 Å². The smallest absolute Gasteiger partial charge is 0.323 e. The maximum atomic E-state index is 12.1. The van der Waals surface area contributed by atoms with Crippen LogP contribution in [0.25, 0.3) is 0 Å². The molecule has 0 aromatic heterocycles. The molecule has 20 heavy (non-hydrogen) atoms. The van der Waals surface area contributed by atoms with Gasteiger partial charge in [-0.3, -0.25) is 9.59 Å². The van der Waals surface area contributed by atoms with E-state index in [1.165, 1.54) is 4.90 Å². The van der Waals surface area contributed by atoms with Gasteiger partial charge in [-0.05, 0) is 39.3 Å². The van der Waals surface area contributed by atoms with Gasteiger partial charge in [-0.15, -0.1) is 0 Å². The second-order valence-corrected chi connectivity index (χ2v) is 5.60. The molecular weight excluding hydrogens is 258 g/mol. The lowest BCUT2D eigenvalue weighted by atomic mass is 10.1. The van der Waals surface area contributed by atoms with Gasteiger partial charge in [-0.25, -0.2) is 0 Å². The highest BCUT2D eigenvalue weighted by molar-refractivity contribution is 5.83. The van der Waals surface area contributed by atoms with E-state index in [0.717, 1.165) is 5.56 Å². The van der Waals surface area contributed by atoms with Crippen LogP contribution in [-0.2, 0) is 9.59 Å². The number of ether oxygens (including phenoxy) is 1. The Morgan fingerprint density at radius 3 is 2.35 bits per heavy atom. The van der Waals surface area contributed by atoms with E-state index in [1.807, 2.05) is 25.1 Å². The number of aryl methyl sites for hydroxylation is 1. The van der Waals surface area contributed by atoms with Crippen molar-refractivity contribution in [3.63, 3.8) is 0 Å². The van der Waals surface area contributed by atoms with Crippen LogP contribution in [0.3, 0.4) is 0 Å². The zero-order chi connectivity index (χ0) is 15.3. The number of amides is 1. The van der Waals surface area contributed by atoms with Crippen LogP contribution in [0.15, 0.2) is 24.3 Å². The minimum atomic E-state index is -1.04. The molecule has 0 fully saturated rings. The number of hydrogen-bond donors (Lipinski definition) is 1. The predicted octanol–water partition coefficient (Wildman–Crippen LogP) is 2.09. The van der Waals surface area contributed by atoms with E-state index in [-0.39, 0.29) is 19.1 Å². The average molecular weight is 279 g/mol. The molecule has 0 aliphatic heterocycles. The molecule has 1 aromatic carbocycles. The molecule has 0 radical (unpaired) electrons. The first-order valence-corrected chi connectivity index (χ1v) is 6.42. The van der Waals surface area contributed by atoms with Crippen LogP contribution in [0, 0.1) is 6.92 Å². The quantitative estimate of drug-likeness (QED) is 0.896. The normalized spacial score (nSPS) is 11.0. The van der Waals surface area contributed by atoms with Gasteiger partial charge in [-0.1, -0.05) is 18.2 Å². The van der Waals surface area contributed by atoms with E-state index in [4.69, 9.17) is 9.84 Å². The molecule has 0 atom stereocenters. The summed E-state index contributed by atoms with van der Waals surface area (Å²) < 4.78 is 5.47. The minimum Gasteiger partial charge on any atom is -0.484 e. The molecule has 0 unspecified atom stereocenters. The molecule has 110 valence electrons. The third-order valence-corrected chi connectivity index (χ3v) is 2.85. The Hall–Kier alpha value is -2.04. The number of rotatable bonds is 5. The molecule has 0 bridgehead atoms. The summed E-state index contributed by atoms with van der Waals surface area (Å²) in [4.78, 5) is 24.3. The topological polar surface area (TPSA) is 66.8 Å². The van der Waals surface area contributed by atoms with Crippen LogP contribution < -0.4 is 4.74 Å². The predicted molar refractivity (Wildman–Crippen MR) is 75.8 cm³/mol. The van der Waals surface area contributed by atoms with Gasteiger partial charge in [0, 0.05) is 5.54 Å². The Morgan fingerprint density at radius 1 is 1.25 bits per heavy atom. The second-order valence-electron chi connectivity index (χ2n) is 5.60. The first-order valence-electron chi connectivity index (χ1n) is 6.42. The van der Waals surface area contributed by atoms with E-state index in [0.29, 0.717) is 5.75 Å². The van der Waals surface area contributed by atoms with Crippen LogP contribution in [-0.4, -0.2) is 40.6 Å². The molecule has 5 heteroatoms. The summed E-state index contributed by atoms with van der Waals surface area (Å²) in [6, 6.07) is 7.38. The summed E-state index contributed by atoms with van der Waals surface area (Å²) in [5.74, 6) is -0.752. The number of benzene rings is 1. The van der Waals surface area contributed by atoms with E-state index in [9.17, 15) is 9.59 Å². The molecule has 1 amide bonds. The SMILES string of the molecule is Cc1ccccc1OCC(=O)N(CC(=O)O)C(C)(C)C. The zero-order valence-corrected chi connectivity index (χ0v) is 12.3. The fraction of sp³-hybridized carbons (Fsp3) is 0.467. The number of carboxylic acids is 1. The zero-order valence-electron chi connectivity index (χ0n) is 12.3. The number of hydrogen-bond acceptors (Lipinski definition) is 3. The van der Waals surface area contributed by atoms with Crippen molar-refractivity contribution < 1.29 is 19.4 Å². The van der Waals surface area contributed by atoms with Crippen molar-refractivity contribution in [2.24, 2.45) is 0 Å². The molecule has 0 aliphatic carbocycles. The molecular formula is C15H21NO4. The van der Waals surface area contributed by atoms with Crippen LogP contribution in [0.2, 0.25) is 0 Å². The molecule has 0 saturated heterocycles. The largest absolute Gasteiger partial charge is 0.484 e. The molecule has 1 N–H and O–H groups in total. The lowest BCUT2D eigenvalue weighted by molar-refractivity contribution is -0.149. The van der Waals surface area contributed by atoms with Gasteiger partial charge in [0.05, 0.1) is 0 Å². The third-order valence-electron chi connectivity index (χ3n) is 2.85. The van der Waals surface area contributed by atoms with Crippen molar-refractivity contribution in [3.8, 4) is 5.75 Å². The Morgan fingerprint density at radius 2 is 1.85 bits per heavy atom. The first kappa shape index (κ1) is 16.0. The van der Waals surface area contributed by atoms with Crippen LogP contribution in [0.5, 0.6) is 5.75 Å². The molecule has 5 nitrogen and oxygen atoms in total. The Balaban J connectivity index is 2.72. The standard InChI is InChI=1S/C15H21NO4/c1-11-7-5-6-8-12(11)20-10-13(17)16(9-14(18)19)15(2,3)4/h5-8H,9-10H2,1-4H3,(H,18,19). The minimum absolute atomic E-state index is 0.171. The van der Waals surface area contributed by atoms with Gasteiger partial charge < -0.3 is 14.7 Å². The second kappa shape index (κ2) is 6.41. The van der Waals surface area contributed by atoms with Gasteiger partial charge in [0.15, 0.2) is 6.61 Å². The molecule has 1 aromatic rings. The Kier molecular flexibility index (Phi) is 5.13. The maximum Gasteiger partial charge on any atom is 0.323 e. The van der Waals surface area contributed by atoms with E-state index in [2.05, 4.69) is 0 Å². The number of aliphatic carboxylic acids is 1. The van der Waals surface area contributed by atoms with Gasteiger partial charge in [0.1, 0.15) is 12.3 Å². The van der Waals surface area contributed by atoms with Gasteiger partial charge in [-0.2, -0.15) is 0 Å². The summed E-state index contributed by atoms with van der Waals surface area (Å²) in [6.07, 6.45) is 0. The van der Waals surface area contributed by atoms with Crippen molar-refractivity contribution in [3.05, 3.63) is 29.8 Å². The van der Waals surface area contributed by atoms with Crippen molar-refractivity contribution in [2.45, 2.75) is 33.2 Å². The van der Waals surface area contributed by atoms with Crippen molar-refractivity contribution >= 4 is 11.9 Å². The first-order chi connectivity index (χ1) is 9.21. The summed E-state index contributed by atoms with van der Waals surface area (Å²) >= 11 is 0. The van der Waals surface area contributed by atoms with Gasteiger partial charge in [0.2, 0.25) is 0 Å². The van der Waals surface area contributed by atoms with Gasteiger partial charge in [0.25, 0.3) is 5.91 Å². The fourth-order valence-corrected chi connectivity index (χ4v) is 1.77. The highest BCUT2D eigenvalue weighted by Gasteiger charge is 2.28. The van der Waals surface area contributed by atoms with Crippen LogP contribution in [0.4, 0.5) is 0 Å². The monoisotopic (exact) mass is 279 g/mol. The molecule has 1 rings (SSSR count). The lowest BCUT2D eigenvalue weighted by Gasteiger charge is -2.34. The number of carbonyl (C=O) groups excluding carboxylic acids is 1. The number of nitrogens with zero attached hydrogens (tertiary/aromatic N) is 1. The fourth-order valence-electron chi connectivity index (χ4n) is 1.77. The van der Waals surface area contributed by atoms with Crippen molar-refractivity contribution in [2.75, 3.05) is 13.2 Å². The van der Waals surface area contributed by atoms with Crippen molar-refractivity contribution in [1.82, 2.24) is 4.90 Å².